The number of carbonyl (C=O) groups excluding carboxylic acids is 1. The second kappa shape index (κ2) is 2.35. The zero-order valence-corrected chi connectivity index (χ0v) is 6.68. The molecule has 2 N–H and O–H groups in total. The van der Waals surface area contributed by atoms with Crippen LogP contribution in [0.25, 0.3) is 0 Å². The normalized spacial score (nSPS) is 38.9. The van der Waals surface area contributed by atoms with E-state index < -0.39 is 0 Å². The summed E-state index contributed by atoms with van der Waals surface area (Å²) in [5.74, 6) is 0.950. The van der Waals surface area contributed by atoms with E-state index in [-0.39, 0.29) is 17.7 Å². The summed E-state index contributed by atoms with van der Waals surface area (Å²) in [4.78, 5) is 11.1. The summed E-state index contributed by atoms with van der Waals surface area (Å²) in [6, 6.07) is 0. The summed E-state index contributed by atoms with van der Waals surface area (Å²) in [5, 5.41) is 0. The molecule has 1 rings (SSSR count). The number of hydrogen-bond donors (Lipinski definition) is 1. The lowest BCUT2D eigenvalue weighted by Gasteiger charge is -2.42. The molecule has 1 saturated carbocycles. The van der Waals surface area contributed by atoms with Gasteiger partial charge in [-0.1, -0.05) is 13.8 Å². The summed E-state index contributed by atoms with van der Waals surface area (Å²) < 4.78 is 0. The van der Waals surface area contributed by atoms with Crippen molar-refractivity contribution in [1.29, 1.82) is 0 Å². The Kier molecular flexibility index (Phi) is 1.82. The first-order valence-electron chi connectivity index (χ1n) is 3.82. The van der Waals surface area contributed by atoms with Gasteiger partial charge < -0.3 is 5.73 Å². The highest BCUT2D eigenvalue weighted by Gasteiger charge is 2.42. The zero-order chi connectivity index (χ0) is 7.78. The number of nitrogens with two attached hydrogens (primary N) is 1. The molecule has 0 aromatic heterocycles. The quantitative estimate of drug-likeness (QED) is 0.622. The molecule has 1 aliphatic rings. The Morgan fingerprint density at radius 2 is 2.20 bits per heavy atom. The Bertz CT molecular complexity index is 147. The fourth-order valence-electron chi connectivity index (χ4n) is 1.95. The fraction of sp³-hybridized carbons (Fsp3) is 0.875. The molecular weight excluding hydrogens is 126 g/mol. The van der Waals surface area contributed by atoms with Crippen LogP contribution in [0.3, 0.4) is 0 Å². The van der Waals surface area contributed by atoms with E-state index >= 15 is 0 Å². The van der Waals surface area contributed by atoms with Crippen LogP contribution in [0.2, 0.25) is 0 Å². The highest BCUT2D eigenvalue weighted by Crippen LogP contribution is 2.45. The van der Waals surface area contributed by atoms with Gasteiger partial charge >= 0.3 is 0 Å². The third kappa shape index (κ3) is 1.08. The van der Waals surface area contributed by atoms with Crippen LogP contribution in [-0.2, 0) is 4.79 Å². The average molecular weight is 141 g/mol. The molecule has 0 radical (unpaired) electrons. The minimum absolute atomic E-state index is 0.0613. The Balaban J connectivity index is 2.48. The largest absolute Gasteiger partial charge is 0.324 e. The van der Waals surface area contributed by atoms with Crippen LogP contribution in [-0.4, -0.2) is 12.3 Å². The molecule has 0 amide bonds. The second-order valence-corrected chi connectivity index (χ2v) is 3.70. The molecule has 1 aliphatic carbocycles. The standard InChI is InChI=1S/C8H15NO/c1-6-3-8(2,4-6)7(10)5-9/h6H,3-5,9H2,1-2H3. The van der Waals surface area contributed by atoms with Crippen LogP contribution in [0.5, 0.6) is 0 Å². The van der Waals surface area contributed by atoms with Gasteiger partial charge in [-0.25, -0.2) is 0 Å². The smallest absolute Gasteiger partial charge is 0.152 e. The average Bonchev–Trinajstić information content (AvgIpc) is 1.83. The van der Waals surface area contributed by atoms with E-state index in [0.29, 0.717) is 0 Å². The number of carbonyl (C=O) groups is 1. The van der Waals surface area contributed by atoms with Crippen LogP contribution in [0.15, 0.2) is 0 Å². The van der Waals surface area contributed by atoms with Gasteiger partial charge in [0.1, 0.15) is 0 Å². The van der Waals surface area contributed by atoms with Crippen LogP contribution in [0, 0.1) is 11.3 Å². The van der Waals surface area contributed by atoms with E-state index in [1.54, 1.807) is 0 Å². The lowest BCUT2D eigenvalue weighted by Crippen LogP contribution is -2.43. The van der Waals surface area contributed by atoms with E-state index in [2.05, 4.69) is 6.92 Å². The lowest BCUT2D eigenvalue weighted by molar-refractivity contribution is -0.133. The number of ketones is 1. The molecule has 58 valence electrons. The van der Waals surface area contributed by atoms with Crippen molar-refractivity contribution in [1.82, 2.24) is 0 Å². The lowest BCUT2D eigenvalue weighted by atomic mass is 9.62. The van der Waals surface area contributed by atoms with Gasteiger partial charge in [-0.05, 0) is 18.8 Å². The zero-order valence-electron chi connectivity index (χ0n) is 6.68. The molecular formula is C8H15NO. The van der Waals surface area contributed by atoms with E-state index in [0.717, 1.165) is 18.8 Å². The van der Waals surface area contributed by atoms with E-state index in [9.17, 15) is 4.79 Å². The number of hydrogen-bond acceptors (Lipinski definition) is 2. The van der Waals surface area contributed by atoms with E-state index in [1.165, 1.54) is 0 Å². The van der Waals surface area contributed by atoms with Crippen LogP contribution < -0.4 is 5.73 Å². The summed E-state index contributed by atoms with van der Waals surface area (Å²) >= 11 is 0. The van der Waals surface area contributed by atoms with Gasteiger partial charge in [0.2, 0.25) is 0 Å². The highest BCUT2D eigenvalue weighted by molar-refractivity contribution is 5.86. The Labute approximate surface area is 61.8 Å². The van der Waals surface area contributed by atoms with Gasteiger partial charge in [0, 0.05) is 5.41 Å². The first kappa shape index (κ1) is 7.73. The molecule has 0 aliphatic heterocycles. The Morgan fingerprint density at radius 3 is 2.50 bits per heavy atom. The molecule has 0 atom stereocenters. The molecule has 0 aromatic carbocycles. The highest BCUT2D eigenvalue weighted by atomic mass is 16.1. The van der Waals surface area contributed by atoms with Gasteiger partial charge in [0.25, 0.3) is 0 Å². The van der Waals surface area contributed by atoms with Crippen LogP contribution in [0.1, 0.15) is 26.7 Å². The van der Waals surface area contributed by atoms with Gasteiger partial charge in [0.15, 0.2) is 5.78 Å². The molecule has 0 aromatic rings. The monoisotopic (exact) mass is 141 g/mol. The van der Waals surface area contributed by atoms with Crippen molar-refractivity contribution < 1.29 is 4.79 Å². The van der Waals surface area contributed by atoms with Gasteiger partial charge in [-0.15, -0.1) is 0 Å². The van der Waals surface area contributed by atoms with Crippen LogP contribution >= 0.6 is 0 Å². The molecule has 1 fully saturated rings. The van der Waals surface area contributed by atoms with Crippen molar-refractivity contribution in [2.45, 2.75) is 26.7 Å². The summed E-state index contributed by atoms with van der Waals surface area (Å²) in [5.41, 5.74) is 5.20. The SMILES string of the molecule is CC1CC(C)(C(=O)CN)C1. The van der Waals surface area contributed by atoms with E-state index in [1.807, 2.05) is 6.92 Å². The summed E-state index contributed by atoms with van der Waals surface area (Å²) in [6.07, 6.45) is 2.06. The van der Waals surface area contributed by atoms with Crippen molar-refractivity contribution in [2.75, 3.05) is 6.54 Å². The molecule has 0 heterocycles. The molecule has 0 unspecified atom stereocenters. The molecule has 2 heteroatoms. The molecule has 10 heavy (non-hydrogen) atoms. The van der Waals surface area contributed by atoms with Crippen molar-refractivity contribution in [3.63, 3.8) is 0 Å². The van der Waals surface area contributed by atoms with Gasteiger partial charge in [0.05, 0.1) is 6.54 Å². The van der Waals surface area contributed by atoms with Crippen molar-refractivity contribution in [3.8, 4) is 0 Å². The topological polar surface area (TPSA) is 43.1 Å². The Hall–Kier alpha value is -0.370. The Morgan fingerprint density at radius 1 is 1.70 bits per heavy atom. The third-order valence-electron chi connectivity index (χ3n) is 2.46. The van der Waals surface area contributed by atoms with Crippen molar-refractivity contribution in [3.05, 3.63) is 0 Å². The maximum Gasteiger partial charge on any atom is 0.152 e. The number of Topliss-reactive ketones (excluding diaryl/α,β-unsaturated/α-hetero) is 1. The van der Waals surface area contributed by atoms with Crippen molar-refractivity contribution in [2.24, 2.45) is 17.1 Å². The maximum absolute atomic E-state index is 11.1. The second-order valence-electron chi connectivity index (χ2n) is 3.70. The maximum atomic E-state index is 11.1. The first-order valence-corrected chi connectivity index (χ1v) is 3.82. The van der Waals surface area contributed by atoms with Crippen molar-refractivity contribution >= 4 is 5.78 Å². The predicted octanol–water partition coefficient (Wildman–Crippen LogP) is 0.950. The fourth-order valence-corrected chi connectivity index (χ4v) is 1.95. The van der Waals surface area contributed by atoms with Gasteiger partial charge in [-0.2, -0.15) is 0 Å². The first-order chi connectivity index (χ1) is 4.58. The van der Waals surface area contributed by atoms with Gasteiger partial charge in [-0.3, -0.25) is 4.79 Å². The third-order valence-corrected chi connectivity index (χ3v) is 2.46. The molecule has 0 spiro atoms. The number of rotatable bonds is 2. The summed E-state index contributed by atoms with van der Waals surface area (Å²) in [7, 11) is 0. The molecule has 0 saturated heterocycles. The van der Waals surface area contributed by atoms with Crippen LogP contribution in [0.4, 0.5) is 0 Å². The predicted molar refractivity (Wildman–Crippen MR) is 40.6 cm³/mol. The molecule has 0 bridgehead atoms. The minimum atomic E-state index is -0.0613. The van der Waals surface area contributed by atoms with E-state index in [4.69, 9.17) is 5.73 Å². The molecule has 2 nitrogen and oxygen atoms in total. The minimum Gasteiger partial charge on any atom is -0.324 e. The summed E-state index contributed by atoms with van der Waals surface area (Å²) in [6.45, 7) is 4.40.